The maximum atomic E-state index is 12.0. The number of hydrogen-bond donors (Lipinski definition) is 1. The Labute approximate surface area is 106 Å². The molecule has 0 aliphatic carbocycles. The standard InChI is InChI=1S/C13H16N4O/c1-16(2)12-6-4-5-10(7-12)13(18)15-11-8-14-17(3)9-11/h4-9H,1-3H3,(H,15,18). The van der Waals surface area contributed by atoms with E-state index in [1.807, 2.05) is 44.2 Å². The predicted molar refractivity (Wildman–Crippen MR) is 71.9 cm³/mol. The van der Waals surface area contributed by atoms with Gasteiger partial charge in [0.1, 0.15) is 0 Å². The van der Waals surface area contributed by atoms with Crippen LogP contribution < -0.4 is 10.2 Å². The van der Waals surface area contributed by atoms with E-state index in [9.17, 15) is 4.79 Å². The van der Waals surface area contributed by atoms with Gasteiger partial charge in [-0.1, -0.05) is 6.07 Å². The summed E-state index contributed by atoms with van der Waals surface area (Å²) < 4.78 is 1.64. The number of nitrogens with one attached hydrogen (secondary N) is 1. The van der Waals surface area contributed by atoms with E-state index >= 15 is 0 Å². The Bertz CT molecular complexity index is 560. The molecule has 94 valence electrons. The first-order valence-corrected chi connectivity index (χ1v) is 5.63. The van der Waals surface area contributed by atoms with E-state index < -0.39 is 0 Å². The molecule has 2 rings (SSSR count). The summed E-state index contributed by atoms with van der Waals surface area (Å²) >= 11 is 0. The van der Waals surface area contributed by atoms with E-state index in [0.29, 0.717) is 11.3 Å². The van der Waals surface area contributed by atoms with Crippen molar-refractivity contribution >= 4 is 17.3 Å². The third-order valence-corrected chi connectivity index (χ3v) is 2.59. The number of aryl methyl sites for hydroxylation is 1. The molecule has 0 saturated carbocycles. The predicted octanol–water partition coefficient (Wildman–Crippen LogP) is 1.74. The Kier molecular flexibility index (Phi) is 3.32. The molecule has 0 radical (unpaired) electrons. The zero-order valence-electron chi connectivity index (χ0n) is 10.7. The average Bonchev–Trinajstić information content (AvgIpc) is 2.75. The highest BCUT2D eigenvalue weighted by molar-refractivity contribution is 6.04. The lowest BCUT2D eigenvalue weighted by molar-refractivity contribution is 0.102. The van der Waals surface area contributed by atoms with Gasteiger partial charge in [0.25, 0.3) is 5.91 Å². The highest BCUT2D eigenvalue weighted by Gasteiger charge is 2.08. The van der Waals surface area contributed by atoms with Gasteiger partial charge in [-0.25, -0.2) is 0 Å². The molecule has 0 unspecified atom stereocenters. The summed E-state index contributed by atoms with van der Waals surface area (Å²) in [6, 6.07) is 7.47. The first kappa shape index (κ1) is 12.2. The van der Waals surface area contributed by atoms with Crippen LogP contribution in [0, 0.1) is 0 Å². The van der Waals surface area contributed by atoms with Crippen molar-refractivity contribution in [1.29, 1.82) is 0 Å². The highest BCUT2D eigenvalue weighted by atomic mass is 16.1. The molecule has 0 aliphatic heterocycles. The Hall–Kier alpha value is -2.30. The number of carbonyl (C=O) groups is 1. The third-order valence-electron chi connectivity index (χ3n) is 2.59. The molecule has 0 saturated heterocycles. The Morgan fingerprint density at radius 1 is 1.39 bits per heavy atom. The summed E-state index contributed by atoms with van der Waals surface area (Å²) in [6.45, 7) is 0. The number of anilines is 2. The van der Waals surface area contributed by atoms with E-state index in [4.69, 9.17) is 0 Å². The monoisotopic (exact) mass is 244 g/mol. The molecular formula is C13H16N4O. The van der Waals surface area contributed by atoms with Crippen LogP contribution in [0.4, 0.5) is 11.4 Å². The molecule has 0 fully saturated rings. The van der Waals surface area contributed by atoms with E-state index in [0.717, 1.165) is 5.69 Å². The van der Waals surface area contributed by atoms with Crippen LogP contribution >= 0.6 is 0 Å². The van der Waals surface area contributed by atoms with E-state index in [-0.39, 0.29) is 5.91 Å². The van der Waals surface area contributed by atoms with Crippen molar-refractivity contribution in [3.63, 3.8) is 0 Å². The molecule has 1 amide bonds. The summed E-state index contributed by atoms with van der Waals surface area (Å²) in [6.07, 6.45) is 3.38. The first-order valence-electron chi connectivity index (χ1n) is 5.63. The summed E-state index contributed by atoms with van der Waals surface area (Å²) in [5.41, 5.74) is 2.32. The summed E-state index contributed by atoms with van der Waals surface area (Å²) in [7, 11) is 5.69. The lowest BCUT2D eigenvalue weighted by Crippen LogP contribution is -2.13. The van der Waals surface area contributed by atoms with E-state index in [2.05, 4.69) is 10.4 Å². The molecular weight excluding hydrogens is 228 g/mol. The van der Waals surface area contributed by atoms with Crippen LogP contribution in [0.5, 0.6) is 0 Å². The molecule has 0 atom stereocenters. The normalized spacial score (nSPS) is 10.2. The lowest BCUT2D eigenvalue weighted by atomic mass is 10.2. The van der Waals surface area contributed by atoms with Gasteiger partial charge in [-0.2, -0.15) is 5.10 Å². The van der Waals surface area contributed by atoms with Gasteiger partial charge in [0.15, 0.2) is 0 Å². The SMILES string of the molecule is CN(C)c1cccc(C(=O)Nc2cnn(C)c2)c1. The number of rotatable bonds is 3. The van der Waals surface area contributed by atoms with Crippen molar-refractivity contribution in [2.45, 2.75) is 0 Å². The van der Waals surface area contributed by atoms with Gasteiger partial charge in [0.05, 0.1) is 11.9 Å². The van der Waals surface area contributed by atoms with E-state index in [1.54, 1.807) is 23.1 Å². The molecule has 1 N–H and O–H groups in total. The van der Waals surface area contributed by atoms with E-state index in [1.165, 1.54) is 0 Å². The maximum absolute atomic E-state index is 12.0. The van der Waals surface area contributed by atoms with Crippen LogP contribution in [0.2, 0.25) is 0 Å². The van der Waals surface area contributed by atoms with Gasteiger partial charge >= 0.3 is 0 Å². The maximum Gasteiger partial charge on any atom is 0.255 e. The van der Waals surface area contributed by atoms with Crippen molar-refractivity contribution < 1.29 is 4.79 Å². The second kappa shape index (κ2) is 4.91. The van der Waals surface area contributed by atoms with Gasteiger partial charge in [-0.15, -0.1) is 0 Å². The smallest absolute Gasteiger partial charge is 0.255 e. The first-order chi connectivity index (χ1) is 8.56. The minimum Gasteiger partial charge on any atom is -0.378 e. The number of aromatic nitrogens is 2. The number of carbonyl (C=O) groups excluding carboxylic acids is 1. The number of amides is 1. The quantitative estimate of drug-likeness (QED) is 0.894. The molecule has 0 spiro atoms. The van der Waals surface area contributed by atoms with Crippen LogP contribution in [0.25, 0.3) is 0 Å². The molecule has 18 heavy (non-hydrogen) atoms. The minimum atomic E-state index is -0.133. The van der Waals surface area contributed by atoms with Gasteiger partial charge in [-0.05, 0) is 18.2 Å². The number of hydrogen-bond acceptors (Lipinski definition) is 3. The van der Waals surface area contributed by atoms with Crippen molar-refractivity contribution in [3.05, 3.63) is 42.2 Å². The molecule has 5 heteroatoms. The lowest BCUT2D eigenvalue weighted by Gasteiger charge is -2.13. The van der Waals surface area contributed by atoms with Crippen molar-refractivity contribution in [3.8, 4) is 0 Å². The molecule has 0 aliphatic rings. The summed E-state index contributed by atoms with van der Waals surface area (Å²) in [5, 5.41) is 6.81. The average molecular weight is 244 g/mol. The fourth-order valence-electron chi connectivity index (χ4n) is 1.61. The van der Waals surface area contributed by atoms with Crippen molar-refractivity contribution in [1.82, 2.24) is 9.78 Å². The molecule has 5 nitrogen and oxygen atoms in total. The van der Waals surface area contributed by atoms with Gasteiger partial charge < -0.3 is 10.2 Å². The Morgan fingerprint density at radius 2 is 2.17 bits per heavy atom. The van der Waals surface area contributed by atoms with Crippen LogP contribution in [0.3, 0.4) is 0 Å². The molecule has 1 heterocycles. The molecule has 2 aromatic rings. The minimum absolute atomic E-state index is 0.133. The van der Waals surface area contributed by atoms with Crippen molar-refractivity contribution in [2.75, 3.05) is 24.3 Å². The molecule has 1 aromatic carbocycles. The Morgan fingerprint density at radius 3 is 2.78 bits per heavy atom. The van der Waals surface area contributed by atoms with Gasteiger partial charge in [0.2, 0.25) is 0 Å². The van der Waals surface area contributed by atoms with Crippen molar-refractivity contribution in [2.24, 2.45) is 7.05 Å². The molecule has 1 aromatic heterocycles. The Balaban J connectivity index is 2.16. The second-order valence-electron chi connectivity index (χ2n) is 4.30. The third kappa shape index (κ3) is 2.68. The fraction of sp³-hybridized carbons (Fsp3) is 0.231. The van der Waals surface area contributed by atoms with Crippen LogP contribution in [-0.2, 0) is 7.05 Å². The number of nitrogens with zero attached hydrogens (tertiary/aromatic N) is 3. The second-order valence-corrected chi connectivity index (χ2v) is 4.30. The summed E-state index contributed by atoms with van der Waals surface area (Å²) in [5.74, 6) is -0.133. The zero-order valence-corrected chi connectivity index (χ0v) is 10.7. The van der Waals surface area contributed by atoms with Gasteiger partial charge in [0, 0.05) is 38.6 Å². The largest absolute Gasteiger partial charge is 0.378 e. The van der Waals surface area contributed by atoms with Crippen LogP contribution in [-0.4, -0.2) is 29.8 Å². The van der Waals surface area contributed by atoms with Gasteiger partial charge in [-0.3, -0.25) is 9.48 Å². The fourth-order valence-corrected chi connectivity index (χ4v) is 1.61. The van der Waals surface area contributed by atoms with Crippen LogP contribution in [0.1, 0.15) is 10.4 Å². The zero-order chi connectivity index (χ0) is 13.1. The topological polar surface area (TPSA) is 50.2 Å². The van der Waals surface area contributed by atoms with Crippen LogP contribution in [0.15, 0.2) is 36.7 Å². The highest BCUT2D eigenvalue weighted by Crippen LogP contribution is 2.15. The summed E-state index contributed by atoms with van der Waals surface area (Å²) in [4.78, 5) is 14.0. The number of benzene rings is 1. The molecule has 0 bridgehead atoms.